The third-order valence-corrected chi connectivity index (χ3v) is 3.59. The molecule has 0 aromatic carbocycles. The van der Waals surface area contributed by atoms with Crippen LogP contribution in [0.2, 0.25) is 0 Å². The number of carbonyl (C=O) groups is 1. The van der Waals surface area contributed by atoms with Crippen LogP contribution in [0.15, 0.2) is 12.2 Å². The van der Waals surface area contributed by atoms with Crippen molar-refractivity contribution in [3.05, 3.63) is 12.2 Å². The molecule has 0 amide bonds. The van der Waals surface area contributed by atoms with Crippen LogP contribution in [0.4, 0.5) is 4.79 Å². The Labute approximate surface area is 144 Å². The first-order chi connectivity index (χ1) is 11.0. The SMILES string of the molecule is CC(C)(C)OC(=O)OC1/C=C/C(OC(C)(C)C)CC2OCOC2C1. The minimum atomic E-state index is -0.679. The Morgan fingerprint density at radius 3 is 2.00 bits per heavy atom. The molecule has 138 valence electrons. The number of carbonyl (C=O) groups excluding carboxylic acids is 1. The lowest BCUT2D eigenvalue weighted by Gasteiger charge is -2.31. The van der Waals surface area contributed by atoms with Crippen molar-refractivity contribution in [1.29, 1.82) is 0 Å². The highest BCUT2D eigenvalue weighted by atomic mass is 16.7. The zero-order valence-electron chi connectivity index (χ0n) is 15.5. The van der Waals surface area contributed by atoms with Crippen molar-refractivity contribution in [3.8, 4) is 0 Å². The summed E-state index contributed by atoms with van der Waals surface area (Å²) in [4.78, 5) is 11.9. The van der Waals surface area contributed by atoms with Crippen molar-refractivity contribution < 1.29 is 28.5 Å². The van der Waals surface area contributed by atoms with E-state index < -0.39 is 17.9 Å². The lowest BCUT2D eigenvalue weighted by molar-refractivity contribution is -0.0639. The van der Waals surface area contributed by atoms with Gasteiger partial charge in [0.25, 0.3) is 0 Å². The lowest BCUT2D eigenvalue weighted by Crippen LogP contribution is -2.37. The molecule has 1 saturated heterocycles. The second-order valence-electron chi connectivity index (χ2n) is 8.27. The maximum Gasteiger partial charge on any atom is 0.509 e. The van der Waals surface area contributed by atoms with Gasteiger partial charge in [0.2, 0.25) is 0 Å². The zero-order chi connectivity index (χ0) is 18.0. The molecule has 2 rings (SSSR count). The predicted molar refractivity (Wildman–Crippen MR) is 88.7 cm³/mol. The van der Waals surface area contributed by atoms with E-state index >= 15 is 0 Å². The normalized spacial score (nSPS) is 32.4. The minimum absolute atomic E-state index is 0.0629. The Balaban J connectivity index is 2.06. The number of rotatable bonds is 2. The third-order valence-electron chi connectivity index (χ3n) is 3.59. The molecular formula is C18H30O6. The van der Waals surface area contributed by atoms with Gasteiger partial charge in [-0.05, 0) is 47.6 Å². The molecule has 6 heteroatoms. The number of hydrogen-bond donors (Lipinski definition) is 0. The van der Waals surface area contributed by atoms with Crippen molar-refractivity contribution in [2.24, 2.45) is 0 Å². The maximum atomic E-state index is 11.9. The van der Waals surface area contributed by atoms with Crippen LogP contribution in [0.1, 0.15) is 54.4 Å². The van der Waals surface area contributed by atoms with Gasteiger partial charge in [0, 0.05) is 12.8 Å². The van der Waals surface area contributed by atoms with Gasteiger partial charge >= 0.3 is 6.16 Å². The first-order valence-electron chi connectivity index (χ1n) is 8.51. The Hall–Kier alpha value is -1.11. The minimum Gasteiger partial charge on any atom is -0.429 e. The molecule has 0 radical (unpaired) electrons. The molecule has 0 aromatic rings. The van der Waals surface area contributed by atoms with E-state index in [0.717, 1.165) is 6.42 Å². The second kappa shape index (κ2) is 7.42. The topological polar surface area (TPSA) is 63.2 Å². The van der Waals surface area contributed by atoms with Gasteiger partial charge in [0.15, 0.2) is 0 Å². The summed E-state index contributed by atoms with van der Waals surface area (Å²) in [5.74, 6) is 0. The van der Waals surface area contributed by atoms with Gasteiger partial charge in [-0.2, -0.15) is 0 Å². The molecule has 4 unspecified atom stereocenters. The molecule has 0 bridgehead atoms. The fraction of sp³-hybridized carbons (Fsp3) is 0.833. The standard InChI is InChI=1S/C18H30O6/c1-17(2,3)23-13-8-7-12(22-16(19)24-18(4,5)6)9-14-15(10-13)21-11-20-14/h7-8,12-15H,9-11H2,1-6H3/b8-7+. The van der Waals surface area contributed by atoms with Gasteiger partial charge < -0.3 is 23.7 Å². The lowest BCUT2D eigenvalue weighted by atomic mass is 9.96. The van der Waals surface area contributed by atoms with E-state index in [2.05, 4.69) is 0 Å². The molecular weight excluding hydrogens is 312 g/mol. The van der Waals surface area contributed by atoms with Crippen LogP contribution in [0.25, 0.3) is 0 Å². The molecule has 2 aliphatic rings. The van der Waals surface area contributed by atoms with E-state index in [9.17, 15) is 4.79 Å². The van der Waals surface area contributed by atoms with Crippen LogP contribution in [0.3, 0.4) is 0 Å². The van der Waals surface area contributed by atoms with Crippen LogP contribution < -0.4 is 0 Å². The smallest absolute Gasteiger partial charge is 0.429 e. The van der Waals surface area contributed by atoms with Crippen molar-refractivity contribution in [2.45, 2.75) is 90.0 Å². The Bertz CT molecular complexity index is 459. The van der Waals surface area contributed by atoms with Crippen molar-refractivity contribution >= 4 is 6.16 Å². The molecule has 6 nitrogen and oxygen atoms in total. The summed E-state index contributed by atoms with van der Waals surface area (Å²) in [6.07, 6.45) is 3.66. The number of hydrogen-bond acceptors (Lipinski definition) is 6. The van der Waals surface area contributed by atoms with Crippen molar-refractivity contribution in [1.82, 2.24) is 0 Å². The van der Waals surface area contributed by atoms with E-state index in [1.165, 1.54) is 0 Å². The van der Waals surface area contributed by atoms with Crippen molar-refractivity contribution in [2.75, 3.05) is 6.79 Å². The van der Waals surface area contributed by atoms with Gasteiger partial charge in [-0.3, -0.25) is 0 Å². The maximum absolute atomic E-state index is 11.9. The Morgan fingerprint density at radius 2 is 1.46 bits per heavy atom. The largest absolute Gasteiger partial charge is 0.509 e. The van der Waals surface area contributed by atoms with Gasteiger partial charge in [-0.25, -0.2) is 4.79 Å². The fourth-order valence-corrected chi connectivity index (χ4v) is 2.76. The highest BCUT2D eigenvalue weighted by molar-refractivity contribution is 5.61. The van der Waals surface area contributed by atoms with Crippen LogP contribution >= 0.6 is 0 Å². The summed E-state index contributed by atoms with van der Waals surface area (Å²) < 4.78 is 28.0. The average molecular weight is 342 g/mol. The predicted octanol–water partition coefficient (Wildman–Crippen LogP) is 3.58. The summed E-state index contributed by atoms with van der Waals surface area (Å²) in [5.41, 5.74) is -0.861. The molecule has 0 N–H and O–H groups in total. The Kier molecular flexibility index (Phi) is 5.94. The first-order valence-corrected chi connectivity index (χ1v) is 8.51. The number of fused-ring (bicyclic) bond motifs is 1. The summed E-state index contributed by atoms with van der Waals surface area (Å²) >= 11 is 0. The van der Waals surface area contributed by atoms with Crippen LogP contribution in [-0.2, 0) is 23.7 Å². The highest BCUT2D eigenvalue weighted by Gasteiger charge is 2.36. The quantitative estimate of drug-likeness (QED) is 0.564. The van der Waals surface area contributed by atoms with E-state index in [1.54, 1.807) is 20.8 Å². The van der Waals surface area contributed by atoms with Gasteiger partial charge in [0.05, 0.1) is 23.9 Å². The van der Waals surface area contributed by atoms with E-state index in [-0.39, 0.29) is 30.7 Å². The summed E-state index contributed by atoms with van der Waals surface area (Å²) in [7, 11) is 0. The molecule has 24 heavy (non-hydrogen) atoms. The molecule has 1 aliphatic carbocycles. The second-order valence-corrected chi connectivity index (χ2v) is 8.27. The average Bonchev–Trinajstić information content (AvgIpc) is 2.76. The van der Waals surface area contributed by atoms with E-state index in [1.807, 2.05) is 32.9 Å². The van der Waals surface area contributed by atoms with Crippen LogP contribution in [0.5, 0.6) is 0 Å². The molecule has 0 spiro atoms. The molecule has 1 heterocycles. The fourth-order valence-electron chi connectivity index (χ4n) is 2.76. The number of ether oxygens (including phenoxy) is 5. The van der Waals surface area contributed by atoms with Gasteiger partial charge in [-0.15, -0.1) is 0 Å². The van der Waals surface area contributed by atoms with Crippen LogP contribution in [-0.4, -0.2) is 48.6 Å². The summed E-state index contributed by atoms with van der Waals surface area (Å²) in [5, 5.41) is 0. The zero-order valence-corrected chi connectivity index (χ0v) is 15.5. The molecule has 0 saturated carbocycles. The van der Waals surface area contributed by atoms with E-state index in [4.69, 9.17) is 23.7 Å². The molecule has 0 aromatic heterocycles. The van der Waals surface area contributed by atoms with Crippen molar-refractivity contribution in [3.63, 3.8) is 0 Å². The highest BCUT2D eigenvalue weighted by Crippen LogP contribution is 2.28. The molecule has 1 aliphatic heterocycles. The molecule has 4 atom stereocenters. The first kappa shape index (κ1) is 19.2. The monoisotopic (exact) mass is 342 g/mol. The van der Waals surface area contributed by atoms with Gasteiger partial charge in [-0.1, -0.05) is 6.08 Å². The third kappa shape index (κ3) is 6.42. The summed E-state index contributed by atoms with van der Waals surface area (Å²) in [6.45, 7) is 11.7. The molecule has 1 fully saturated rings. The Morgan fingerprint density at radius 1 is 0.917 bits per heavy atom. The summed E-state index contributed by atoms with van der Waals surface area (Å²) in [6, 6.07) is 0. The van der Waals surface area contributed by atoms with Crippen LogP contribution in [0, 0.1) is 0 Å². The van der Waals surface area contributed by atoms with Gasteiger partial charge in [0.1, 0.15) is 18.5 Å². The van der Waals surface area contributed by atoms with E-state index in [0.29, 0.717) is 6.42 Å².